The summed E-state index contributed by atoms with van der Waals surface area (Å²) in [6, 6.07) is 0. The third-order valence-electron chi connectivity index (χ3n) is 12.1. The summed E-state index contributed by atoms with van der Waals surface area (Å²) in [5.74, 6) is -0.377. The zero-order valence-electron chi connectivity index (χ0n) is 38.3. The number of ether oxygens (including phenoxy) is 2. The molecule has 6 heteroatoms. The summed E-state index contributed by atoms with van der Waals surface area (Å²) in [5.41, 5.74) is -0.427. The van der Waals surface area contributed by atoms with Gasteiger partial charge >= 0.3 is 11.9 Å². The molecule has 0 heterocycles. The fourth-order valence-electron chi connectivity index (χ4n) is 7.19. The summed E-state index contributed by atoms with van der Waals surface area (Å²) < 4.78 is 17.8. The van der Waals surface area contributed by atoms with E-state index in [2.05, 4.69) is 40.8 Å². The van der Waals surface area contributed by atoms with Crippen molar-refractivity contribution in [3.63, 3.8) is 0 Å². The van der Waals surface area contributed by atoms with Gasteiger partial charge in [-0.1, -0.05) is 207 Å². The molecule has 0 aliphatic rings. The first-order valence-electron chi connectivity index (χ1n) is 23.6. The average molecular weight is 781 g/mol. The molecular weight excluding hydrogens is 685 g/mol. The Morgan fingerprint density at radius 1 is 0.500 bits per heavy atom. The maximum Gasteiger partial charge on any atom is 0.311 e. The maximum absolute atomic E-state index is 13.2. The van der Waals surface area contributed by atoms with Crippen molar-refractivity contribution < 1.29 is 23.5 Å². The van der Waals surface area contributed by atoms with E-state index in [0.717, 1.165) is 44.9 Å². The third kappa shape index (κ3) is 29.4. The fraction of sp³-hybridized carbons (Fsp3) is 0.958. The summed E-state index contributed by atoms with van der Waals surface area (Å²) >= 11 is 0. The van der Waals surface area contributed by atoms with Gasteiger partial charge < -0.3 is 13.9 Å². The van der Waals surface area contributed by atoms with E-state index < -0.39 is 13.7 Å². The molecule has 0 bridgehead atoms. The van der Waals surface area contributed by atoms with Gasteiger partial charge in [-0.25, -0.2) is 0 Å². The number of unbranched alkanes of at least 4 members (excludes halogenated alkanes) is 27. The van der Waals surface area contributed by atoms with Gasteiger partial charge in [-0.2, -0.15) is 0 Å². The van der Waals surface area contributed by atoms with E-state index in [4.69, 9.17) is 13.9 Å². The van der Waals surface area contributed by atoms with Gasteiger partial charge in [0.25, 0.3) is 0 Å². The monoisotopic (exact) mass is 781 g/mol. The first kappa shape index (κ1) is 53.1. The van der Waals surface area contributed by atoms with E-state index in [1.807, 2.05) is 20.8 Å². The number of methoxy groups -OCH3 is 1. The second kappa shape index (κ2) is 33.1. The molecule has 0 aromatic heterocycles. The normalized spacial score (nSPS) is 13.6. The zero-order chi connectivity index (χ0) is 40.6. The minimum absolute atomic E-state index is 0.0641. The molecule has 0 rings (SSSR count). The molecule has 0 aromatic carbocycles. The highest BCUT2D eigenvalue weighted by molar-refractivity contribution is 6.74. The first-order valence-corrected chi connectivity index (χ1v) is 26.5. The Bertz CT molecular complexity index is 873. The van der Waals surface area contributed by atoms with Crippen LogP contribution < -0.4 is 0 Å². The van der Waals surface area contributed by atoms with Crippen molar-refractivity contribution in [3.8, 4) is 0 Å². The van der Waals surface area contributed by atoms with E-state index in [1.165, 1.54) is 154 Å². The van der Waals surface area contributed by atoms with E-state index in [0.29, 0.717) is 6.61 Å². The summed E-state index contributed by atoms with van der Waals surface area (Å²) in [6.45, 7) is 20.0. The molecular formula is C48H96O5Si. The van der Waals surface area contributed by atoms with Crippen LogP contribution in [0.4, 0.5) is 0 Å². The predicted molar refractivity (Wildman–Crippen MR) is 237 cm³/mol. The molecule has 0 amide bonds. The van der Waals surface area contributed by atoms with Gasteiger partial charge in [-0.15, -0.1) is 0 Å². The quantitative estimate of drug-likeness (QED) is 0.0357. The molecule has 322 valence electrons. The smallest absolute Gasteiger partial charge is 0.311 e. The lowest BCUT2D eigenvalue weighted by Crippen LogP contribution is -2.47. The standard InChI is InChI=1S/C48H96O5Si/c1-11-12-13-14-15-16-17-18-19-20-21-22-23-24-25-26-27-28-29-31-34-37-40-43(45(49)51-8)44(53-54(9,10)48(5,6)7)41-38-35-32-30-33-36-39-42-52-46(50)47(2,3)4/h43-44H,11-42H2,1-10H3/t43-,44-/m1/s1. The van der Waals surface area contributed by atoms with Crippen LogP contribution in [0.5, 0.6) is 0 Å². The summed E-state index contributed by atoms with van der Waals surface area (Å²) in [7, 11) is -0.502. The van der Waals surface area contributed by atoms with Crippen LogP contribution in [0.1, 0.15) is 248 Å². The molecule has 0 N–H and O–H groups in total. The number of esters is 2. The number of hydrogen-bond acceptors (Lipinski definition) is 5. The van der Waals surface area contributed by atoms with Gasteiger partial charge in [0.15, 0.2) is 8.32 Å². The van der Waals surface area contributed by atoms with E-state index in [9.17, 15) is 9.59 Å². The van der Waals surface area contributed by atoms with Crippen LogP contribution in [-0.4, -0.2) is 40.1 Å². The van der Waals surface area contributed by atoms with Crippen molar-refractivity contribution in [2.24, 2.45) is 11.3 Å². The predicted octanol–water partition coefficient (Wildman–Crippen LogP) is 15.9. The maximum atomic E-state index is 13.2. The highest BCUT2D eigenvalue weighted by Crippen LogP contribution is 2.39. The lowest BCUT2D eigenvalue weighted by molar-refractivity contribution is -0.153. The molecule has 0 aliphatic carbocycles. The van der Waals surface area contributed by atoms with Gasteiger partial charge in [-0.05, 0) is 58.2 Å². The molecule has 0 radical (unpaired) electrons. The Labute approximate surface area is 339 Å². The number of carbonyl (C=O) groups excluding carboxylic acids is 2. The van der Waals surface area contributed by atoms with Crippen molar-refractivity contribution in [3.05, 3.63) is 0 Å². The van der Waals surface area contributed by atoms with Crippen LogP contribution in [0, 0.1) is 11.3 Å². The van der Waals surface area contributed by atoms with Crippen molar-refractivity contribution in [2.75, 3.05) is 13.7 Å². The fourth-order valence-corrected chi connectivity index (χ4v) is 8.58. The second-order valence-electron chi connectivity index (χ2n) is 19.4. The van der Waals surface area contributed by atoms with Crippen molar-refractivity contribution in [1.82, 2.24) is 0 Å². The molecule has 0 unspecified atom stereocenters. The molecule has 5 nitrogen and oxygen atoms in total. The Hall–Kier alpha value is -0.883. The van der Waals surface area contributed by atoms with Gasteiger partial charge in [0, 0.05) is 0 Å². The largest absolute Gasteiger partial charge is 0.469 e. The Balaban J connectivity index is 4.29. The van der Waals surface area contributed by atoms with Crippen molar-refractivity contribution in [2.45, 2.75) is 272 Å². The highest BCUT2D eigenvalue weighted by atomic mass is 28.4. The van der Waals surface area contributed by atoms with Crippen LogP contribution in [0.15, 0.2) is 0 Å². The SMILES string of the molecule is CCCCCCCCCCCCCCCCCCCCCCCC[C@@H](C(=O)OC)[C@@H](CCCCCCCCCOC(=O)C(C)(C)C)O[Si](C)(C)C(C)(C)C. The second-order valence-corrected chi connectivity index (χ2v) is 24.2. The van der Waals surface area contributed by atoms with Crippen molar-refractivity contribution >= 4 is 20.3 Å². The lowest BCUT2D eigenvalue weighted by atomic mass is 9.91. The molecule has 54 heavy (non-hydrogen) atoms. The number of rotatable bonds is 37. The van der Waals surface area contributed by atoms with Crippen LogP contribution >= 0.6 is 0 Å². The first-order chi connectivity index (χ1) is 25.7. The Morgan fingerprint density at radius 2 is 0.833 bits per heavy atom. The topological polar surface area (TPSA) is 61.8 Å². The van der Waals surface area contributed by atoms with E-state index >= 15 is 0 Å². The highest BCUT2D eigenvalue weighted by Gasteiger charge is 2.42. The zero-order valence-corrected chi connectivity index (χ0v) is 39.3. The molecule has 2 atom stereocenters. The van der Waals surface area contributed by atoms with Crippen LogP contribution in [0.3, 0.4) is 0 Å². The Morgan fingerprint density at radius 3 is 1.17 bits per heavy atom. The molecule has 0 saturated carbocycles. The molecule has 0 aromatic rings. The van der Waals surface area contributed by atoms with Gasteiger partial charge in [0.05, 0.1) is 31.2 Å². The molecule has 0 fully saturated rings. The summed E-state index contributed by atoms with van der Waals surface area (Å²) in [4.78, 5) is 25.1. The van der Waals surface area contributed by atoms with Gasteiger partial charge in [0.1, 0.15) is 0 Å². The third-order valence-corrected chi connectivity index (χ3v) is 16.6. The minimum Gasteiger partial charge on any atom is -0.469 e. The van der Waals surface area contributed by atoms with Crippen molar-refractivity contribution in [1.29, 1.82) is 0 Å². The van der Waals surface area contributed by atoms with Crippen LogP contribution in [0.25, 0.3) is 0 Å². The van der Waals surface area contributed by atoms with E-state index in [-0.39, 0.29) is 29.0 Å². The molecule has 0 aliphatic heterocycles. The molecule has 0 saturated heterocycles. The number of hydrogen-bond donors (Lipinski definition) is 0. The summed E-state index contributed by atoms with van der Waals surface area (Å²) in [6.07, 6.45) is 40.0. The van der Waals surface area contributed by atoms with Gasteiger partial charge in [0.2, 0.25) is 0 Å². The lowest BCUT2D eigenvalue weighted by Gasteiger charge is -2.41. The molecule has 0 spiro atoms. The average Bonchev–Trinajstić information content (AvgIpc) is 3.11. The van der Waals surface area contributed by atoms with Crippen LogP contribution in [-0.2, 0) is 23.5 Å². The minimum atomic E-state index is -2.05. The summed E-state index contributed by atoms with van der Waals surface area (Å²) in [5, 5.41) is 0.0968. The number of carbonyl (C=O) groups is 2. The Kier molecular flexibility index (Phi) is 32.6. The van der Waals surface area contributed by atoms with E-state index in [1.54, 1.807) is 7.11 Å². The van der Waals surface area contributed by atoms with Gasteiger partial charge in [-0.3, -0.25) is 9.59 Å². The van der Waals surface area contributed by atoms with Crippen LogP contribution in [0.2, 0.25) is 18.1 Å².